The van der Waals surface area contributed by atoms with Gasteiger partial charge in [-0.2, -0.15) is 0 Å². The smallest absolute Gasteiger partial charge is 0.323 e. The number of urea groups is 1. The minimum absolute atomic E-state index is 0.242. The number of aliphatic hydroxyl groups is 1. The second kappa shape index (κ2) is 6.32. The Morgan fingerprint density at radius 1 is 1.10 bits per heavy atom. The molecule has 0 fully saturated rings. The normalized spacial score (nSPS) is 11.8. The Morgan fingerprint density at radius 2 is 1.76 bits per heavy atom. The van der Waals surface area contributed by atoms with Gasteiger partial charge in [0.2, 0.25) is 0 Å². The van der Waals surface area contributed by atoms with E-state index in [1.807, 2.05) is 0 Å². The van der Waals surface area contributed by atoms with Crippen LogP contribution in [0.2, 0.25) is 0 Å². The van der Waals surface area contributed by atoms with Crippen LogP contribution in [0.5, 0.6) is 0 Å². The van der Waals surface area contributed by atoms with Crippen molar-refractivity contribution < 1.29 is 18.7 Å². The summed E-state index contributed by atoms with van der Waals surface area (Å²) in [6, 6.07) is 9.34. The summed E-state index contributed by atoms with van der Waals surface area (Å²) in [5.74, 6) is -2.15. The first-order chi connectivity index (χ1) is 9.97. The molecular weight excluding hydrogens is 278 g/mol. The highest BCUT2D eigenvalue weighted by Gasteiger charge is 2.10. The molecule has 0 radical (unpaired) electrons. The van der Waals surface area contributed by atoms with E-state index in [4.69, 9.17) is 0 Å². The van der Waals surface area contributed by atoms with Crippen LogP contribution in [0.25, 0.3) is 0 Å². The van der Waals surface area contributed by atoms with Gasteiger partial charge in [-0.05, 0) is 36.8 Å². The zero-order valence-corrected chi connectivity index (χ0v) is 11.2. The lowest BCUT2D eigenvalue weighted by Gasteiger charge is -2.10. The molecule has 0 bridgehead atoms. The molecule has 3 N–H and O–H groups in total. The quantitative estimate of drug-likeness (QED) is 0.808. The van der Waals surface area contributed by atoms with E-state index in [1.54, 1.807) is 31.2 Å². The molecule has 0 spiro atoms. The summed E-state index contributed by atoms with van der Waals surface area (Å²) in [7, 11) is 0. The fraction of sp³-hybridized carbons (Fsp3) is 0.133. The molecule has 0 heterocycles. The molecule has 2 aromatic carbocycles. The molecule has 1 atom stereocenters. The van der Waals surface area contributed by atoms with Crippen molar-refractivity contribution in [2.45, 2.75) is 13.0 Å². The van der Waals surface area contributed by atoms with Crippen LogP contribution in [0.15, 0.2) is 42.5 Å². The summed E-state index contributed by atoms with van der Waals surface area (Å²) in [6.45, 7) is 1.63. The van der Waals surface area contributed by atoms with Crippen LogP contribution in [0, 0.1) is 11.6 Å². The molecule has 0 saturated carbocycles. The molecule has 0 aliphatic rings. The predicted octanol–water partition coefficient (Wildman–Crippen LogP) is 3.66. The van der Waals surface area contributed by atoms with Crippen LogP contribution in [0.3, 0.4) is 0 Å². The second-order valence-corrected chi connectivity index (χ2v) is 4.48. The topological polar surface area (TPSA) is 61.4 Å². The van der Waals surface area contributed by atoms with E-state index in [-0.39, 0.29) is 5.69 Å². The van der Waals surface area contributed by atoms with Crippen LogP contribution >= 0.6 is 0 Å². The molecule has 0 aliphatic heterocycles. The van der Waals surface area contributed by atoms with Crippen molar-refractivity contribution in [3.8, 4) is 0 Å². The average Bonchev–Trinajstić information content (AvgIpc) is 2.44. The van der Waals surface area contributed by atoms with Crippen molar-refractivity contribution >= 4 is 17.4 Å². The SMILES string of the molecule is CC(O)c1ccc(NC(=O)Nc2cccc(F)c2F)cc1. The van der Waals surface area contributed by atoms with Crippen LogP contribution in [-0.2, 0) is 0 Å². The number of rotatable bonds is 3. The predicted molar refractivity (Wildman–Crippen MR) is 76.1 cm³/mol. The third-order valence-corrected chi connectivity index (χ3v) is 2.85. The third-order valence-electron chi connectivity index (χ3n) is 2.85. The lowest BCUT2D eigenvalue weighted by molar-refractivity contribution is 0.199. The first kappa shape index (κ1) is 14.9. The van der Waals surface area contributed by atoms with Crippen LogP contribution < -0.4 is 10.6 Å². The Hall–Kier alpha value is -2.47. The molecule has 1 unspecified atom stereocenters. The summed E-state index contributed by atoms with van der Waals surface area (Å²) in [6.07, 6.45) is -0.603. The Labute approximate surface area is 120 Å². The molecule has 0 aliphatic carbocycles. The highest BCUT2D eigenvalue weighted by Crippen LogP contribution is 2.18. The van der Waals surface area contributed by atoms with Gasteiger partial charge in [0.05, 0.1) is 11.8 Å². The first-order valence-electron chi connectivity index (χ1n) is 6.27. The van der Waals surface area contributed by atoms with Crippen molar-refractivity contribution in [3.05, 3.63) is 59.7 Å². The molecule has 21 heavy (non-hydrogen) atoms. The number of carbonyl (C=O) groups excluding carboxylic acids is 1. The minimum atomic E-state index is -1.11. The third kappa shape index (κ3) is 3.76. The Kier molecular flexibility index (Phi) is 4.49. The van der Waals surface area contributed by atoms with E-state index in [2.05, 4.69) is 10.6 Å². The molecule has 6 heteroatoms. The van der Waals surface area contributed by atoms with Gasteiger partial charge in [0.15, 0.2) is 11.6 Å². The monoisotopic (exact) mass is 292 g/mol. The van der Waals surface area contributed by atoms with Crippen molar-refractivity contribution in [2.75, 3.05) is 10.6 Å². The van der Waals surface area contributed by atoms with Gasteiger partial charge in [0, 0.05) is 5.69 Å². The van der Waals surface area contributed by atoms with Crippen LogP contribution in [0.4, 0.5) is 25.0 Å². The van der Waals surface area contributed by atoms with Crippen LogP contribution in [0.1, 0.15) is 18.6 Å². The number of carbonyl (C=O) groups is 1. The molecular formula is C15H14F2N2O2. The van der Waals surface area contributed by atoms with Crippen molar-refractivity contribution in [1.82, 2.24) is 0 Å². The lowest BCUT2D eigenvalue weighted by Crippen LogP contribution is -2.20. The molecule has 2 aromatic rings. The van der Waals surface area contributed by atoms with Crippen molar-refractivity contribution in [3.63, 3.8) is 0 Å². The van der Waals surface area contributed by atoms with Gasteiger partial charge in [-0.15, -0.1) is 0 Å². The maximum absolute atomic E-state index is 13.4. The Bertz CT molecular complexity index is 643. The second-order valence-electron chi connectivity index (χ2n) is 4.48. The zero-order valence-electron chi connectivity index (χ0n) is 11.2. The van der Waals surface area contributed by atoms with Gasteiger partial charge >= 0.3 is 6.03 Å². The number of amides is 2. The summed E-state index contributed by atoms with van der Waals surface area (Å²) < 4.78 is 26.4. The first-order valence-corrected chi connectivity index (χ1v) is 6.27. The Morgan fingerprint density at radius 3 is 2.38 bits per heavy atom. The number of hydrogen-bond donors (Lipinski definition) is 3. The largest absolute Gasteiger partial charge is 0.389 e. The highest BCUT2D eigenvalue weighted by molar-refractivity contribution is 5.99. The number of nitrogens with one attached hydrogen (secondary N) is 2. The number of anilines is 2. The molecule has 0 aromatic heterocycles. The summed E-state index contributed by atoms with van der Waals surface area (Å²) in [5.41, 5.74) is 0.930. The molecule has 2 amide bonds. The summed E-state index contributed by atoms with van der Waals surface area (Å²) in [5, 5.41) is 14.1. The van der Waals surface area contributed by atoms with Gasteiger partial charge in [-0.1, -0.05) is 18.2 Å². The molecule has 2 rings (SSSR count). The van der Waals surface area contributed by atoms with Gasteiger partial charge in [0.1, 0.15) is 0 Å². The Balaban J connectivity index is 2.03. The van der Waals surface area contributed by atoms with E-state index < -0.39 is 23.8 Å². The van der Waals surface area contributed by atoms with Gasteiger partial charge < -0.3 is 15.7 Å². The highest BCUT2D eigenvalue weighted by atomic mass is 19.2. The van der Waals surface area contributed by atoms with Crippen LogP contribution in [-0.4, -0.2) is 11.1 Å². The summed E-state index contributed by atoms with van der Waals surface area (Å²) >= 11 is 0. The van der Waals surface area contributed by atoms with Gasteiger partial charge in [-0.3, -0.25) is 0 Å². The van der Waals surface area contributed by atoms with Gasteiger partial charge in [-0.25, -0.2) is 13.6 Å². The maximum atomic E-state index is 13.4. The number of halogens is 2. The van der Waals surface area contributed by atoms with Crippen molar-refractivity contribution in [1.29, 1.82) is 0 Å². The molecule has 110 valence electrons. The molecule has 4 nitrogen and oxygen atoms in total. The van der Waals surface area contributed by atoms with E-state index >= 15 is 0 Å². The molecule has 0 saturated heterocycles. The average molecular weight is 292 g/mol. The minimum Gasteiger partial charge on any atom is -0.389 e. The summed E-state index contributed by atoms with van der Waals surface area (Å²) in [4.78, 5) is 11.7. The van der Waals surface area contributed by atoms with Crippen molar-refractivity contribution in [2.24, 2.45) is 0 Å². The number of aliphatic hydroxyl groups excluding tert-OH is 1. The van der Waals surface area contributed by atoms with Gasteiger partial charge in [0.25, 0.3) is 0 Å². The number of hydrogen-bond acceptors (Lipinski definition) is 2. The zero-order chi connectivity index (χ0) is 15.4. The van der Waals surface area contributed by atoms with E-state index in [0.717, 1.165) is 6.07 Å². The van der Waals surface area contributed by atoms with E-state index in [9.17, 15) is 18.7 Å². The number of benzene rings is 2. The van der Waals surface area contributed by atoms with E-state index in [1.165, 1.54) is 12.1 Å². The lowest BCUT2D eigenvalue weighted by atomic mass is 10.1. The fourth-order valence-corrected chi connectivity index (χ4v) is 1.73. The van der Waals surface area contributed by atoms with E-state index in [0.29, 0.717) is 11.3 Å². The standard InChI is InChI=1S/C15H14F2N2O2/c1-9(20)10-5-7-11(8-6-10)18-15(21)19-13-4-2-3-12(16)14(13)17/h2-9,20H,1H3,(H2,18,19,21). The maximum Gasteiger partial charge on any atom is 0.323 e. The fourth-order valence-electron chi connectivity index (χ4n) is 1.73.